The standard InChI is InChI=1S/C40H56O17/c1-19(2)35(48)54-34-29(50-22(6)41)33(52-24(8)43)37(11,12)16-14-21(5)30(47)40(56-26(10)45)18-38(13,55-25(9)44)31(51-23(7)42)28(40)32-39(34,17-15-27(46)53-32)57-36(49)20(3)4/h14,16,19-21,28-29,31-34H,15,17-18H2,1-13H3/b16-14+/t21-,28+,29-,31+,32+,33+,34+,38+,39-,40+/m0/s1. The van der Waals surface area contributed by atoms with E-state index in [0.29, 0.717) is 0 Å². The Labute approximate surface area is 332 Å². The first kappa shape index (κ1) is 46.6. The molecule has 1 saturated heterocycles. The lowest BCUT2D eigenvalue weighted by Gasteiger charge is -2.53. The van der Waals surface area contributed by atoms with Gasteiger partial charge in [-0.25, -0.2) is 0 Å². The molecule has 0 bridgehead atoms. The molecule has 0 amide bonds. The minimum atomic E-state index is -2.52. The number of rotatable bonds is 9. The van der Waals surface area contributed by atoms with Crippen LogP contribution in [0.25, 0.3) is 0 Å². The van der Waals surface area contributed by atoms with E-state index in [4.69, 9.17) is 37.9 Å². The number of allylic oxidation sites excluding steroid dienone is 1. The van der Waals surface area contributed by atoms with E-state index >= 15 is 4.79 Å². The van der Waals surface area contributed by atoms with Crippen molar-refractivity contribution in [3.63, 3.8) is 0 Å². The van der Waals surface area contributed by atoms with Crippen LogP contribution in [0, 0.1) is 29.1 Å². The van der Waals surface area contributed by atoms with E-state index in [2.05, 4.69) is 0 Å². The molecule has 3 aliphatic rings. The van der Waals surface area contributed by atoms with Crippen LogP contribution in [0.5, 0.6) is 0 Å². The summed E-state index contributed by atoms with van der Waals surface area (Å²) in [5.41, 5.74) is -8.42. The fourth-order valence-corrected chi connectivity index (χ4v) is 8.08. The van der Waals surface area contributed by atoms with E-state index in [-0.39, 0.29) is 0 Å². The van der Waals surface area contributed by atoms with E-state index in [1.165, 1.54) is 53.7 Å². The monoisotopic (exact) mass is 808 g/mol. The highest BCUT2D eigenvalue weighted by Gasteiger charge is 2.76. The van der Waals surface area contributed by atoms with Crippen LogP contribution in [0.15, 0.2) is 12.2 Å². The Bertz CT molecular complexity index is 1680. The Kier molecular flexibility index (Phi) is 14.2. The van der Waals surface area contributed by atoms with Crippen molar-refractivity contribution >= 4 is 53.5 Å². The van der Waals surface area contributed by atoms with Crippen LogP contribution >= 0.6 is 0 Å². The van der Waals surface area contributed by atoms with Crippen molar-refractivity contribution < 1.29 is 81.0 Å². The number of Topliss-reactive ketones (excluding diaryl/α,β-unsaturated/α-hetero) is 1. The molecule has 0 radical (unpaired) electrons. The number of ketones is 1. The number of hydrogen-bond donors (Lipinski definition) is 0. The van der Waals surface area contributed by atoms with Crippen LogP contribution in [0.1, 0.15) is 109 Å². The number of carbonyl (C=O) groups is 9. The number of ether oxygens (including phenoxy) is 8. The van der Waals surface area contributed by atoms with Crippen molar-refractivity contribution in [1.82, 2.24) is 0 Å². The van der Waals surface area contributed by atoms with Crippen molar-refractivity contribution in [1.29, 1.82) is 0 Å². The predicted octanol–water partition coefficient (Wildman–Crippen LogP) is 3.44. The average molecular weight is 809 g/mol. The fourth-order valence-electron chi connectivity index (χ4n) is 8.08. The smallest absolute Gasteiger partial charge is 0.309 e. The van der Waals surface area contributed by atoms with Crippen molar-refractivity contribution in [2.24, 2.45) is 29.1 Å². The Morgan fingerprint density at radius 3 is 1.70 bits per heavy atom. The van der Waals surface area contributed by atoms with Crippen LogP contribution in [-0.4, -0.2) is 101 Å². The summed E-state index contributed by atoms with van der Waals surface area (Å²) in [6.45, 7) is 17.1. The van der Waals surface area contributed by atoms with Gasteiger partial charge in [-0.05, 0) is 6.92 Å². The highest BCUT2D eigenvalue weighted by atomic mass is 16.7. The summed E-state index contributed by atoms with van der Waals surface area (Å²) in [6.07, 6.45) is -8.16. The third-order valence-corrected chi connectivity index (χ3v) is 10.4. The zero-order valence-electron chi connectivity index (χ0n) is 34.9. The lowest BCUT2D eigenvalue weighted by atomic mass is 9.66. The van der Waals surface area contributed by atoms with E-state index in [9.17, 15) is 38.4 Å². The molecule has 2 fully saturated rings. The minimum Gasteiger partial charge on any atom is -0.458 e. The first-order valence-corrected chi connectivity index (χ1v) is 18.9. The molecule has 0 spiro atoms. The topological polar surface area (TPSA) is 227 Å². The van der Waals surface area contributed by atoms with Crippen LogP contribution in [0.2, 0.25) is 0 Å². The normalized spacial score (nSPS) is 34.1. The summed E-state index contributed by atoms with van der Waals surface area (Å²) in [6, 6.07) is 0. The summed E-state index contributed by atoms with van der Waals surface area (Å²) in [5, 5.41) is 0. The predicted molar refractivity (Wildman–Crippen MR) is 194 cm³/mol. The van der Waals surface area contributed by atoms with Gasteiger partial charge < -0.3 is 37.9 Å². The number of carbonyl (C=O) groups excluding carboxylic acids is 9. The van der Waals surface area contributed by atoms with Gasteiger partial charge in [0.05, 0.1) is 17.8 Å². The third-order valence-electron chi connectivity index (χ3n) is 10.4. The molecule has 0 unspecified atom stereocenters. The summed E-state index contributed by atoms with van der Waals surface area (Å²) >= 11 is 0. The lowest BCUT2D eigenvalue weighted by Crippen LogP contribution is -2.72. The summed E-state index contributed by atoms with van der Waals surface area (Å²) in [7, 11) is 0. The Morgan fingerprint density at radius 2 is 1.21 bits per heavy atom. The van der Waals surface area contributed by atoms with Crippen LogP contribution in [0.3, 0.4) is 0 Å². The molecule has 3 rings (SSSR count). The zero-order chi connectivity index (χ0) is 43.6. The van der Waals surface area contributed by atoms with E-state index in [1.54, 1.807) is 13.8 Å². The zero-order valence-corrected chi connectivity index (χ0v) is 34.9. The van der Waals surface area contributed by atoms with Crippen LogP contribution in [-0.2, 0) is 81.0 Å². The van der Waals surface area contributed by atoms with Gasteiger partial charge in [0.15, 0.2) is 53.1 Å². The van der Waals surface area contributed by atoms with Crippen molar-refractivity contribution in [3.8, 4) is 0 Å². The molecule has 0 N–H and O–H groups in total. The second-order valence-electron chi connectivity index (χ2n) is 16.5. The summed E-state index contributed by atoms with van der Waals surface area (Å²) in [4.78, 5) is 122. The maximum absolute atomic E-state index is 15.2. The Hall–Kier alpha value is -4.83. The molecule has 318 valence electrons. The molecule has 0 aromatic carbocycles. The molecular formula is C40H56O17. The summed E-state index contributed by atoms with van der Waals surface area (Å²) in [5.74, 6) is -13.3. The van der Waals surface area contributed by atoms with Gasteiger partial charge in [0, 0.05) is 65.2 Å². The largest absolute Gasteiger partial charge is 0.458 e. The number of fused-ring (bicyclic) bond motifs is 3. The van der Waals surface area contributed by atoms with Gasteiger partial charge in [-0.15, -0.1) is 0 Å². The highest BCUT2D eigenvalue weighted by Crippen LogP contribution is 2.57. The van der Waals surface area contributed by atoms with E-state index in [0.717, 1.165) is 34.6 Å². The van der Waals surface area contributed by atoms with Gasteiger partial charge >= 0.3 is 47.8 Å². The highest BCUT2D eigenvalue weighted by molar-refractivity contribution is 5.94. The van der Waals surface area contributed by atoms with E-state index in [1.807, 2.05) is 0 Å². The molecule has 0 aromatic heterocycles. The number of esters is 8. The molecule has 17 heteroatoms. The fraction of sp³-hybridized carbons (Fsp3) is 0.725. The van der Waals surface area contributed by atoms with Gasteiger partial charge in [-0.3, -0.25) is 43.2 Å². The van der Waals surface area contributed by atoms with Gasteiger partial charge in [0.25, 0.3) is 0 Å². The van der Waals surface area contributed by atoms with Crippen LogP contribution in [0.4, 0.5) is 0 Å². The molecular weight excluding hydrogens is 752 g/mol. The quantitative estimate of drug-likeness (QED) is 0.185. The molecule has 1 aliphatic heterocycles. The molecule has 0 aromatic rings. The number of hydrogen-bond acceptors (Lipinski definition) is 17. The molecule has 1 saturated carbocycles. The second-order valence-corrected chi connectivity index (χ2v) is 16.5. The van der Waals surface area contributed by atoms with Gasteiger partial charge in [-0.1, -0.05) is 60.6 Å². The van der Waals surface area contributed by atoms with Crippen molar-refractivity contribution in [2.45, 2.75) is 157 Å². The summed E-state index contributed by atoms with van der Waals surface area (Å²) < 4.78 is 48.3. The first-order valence-electron chi connectivity index (χ1n) is 18.9. The van der Waals surface area contributed by atoms with Crippen molar-refractivity contribution in [2.75, 3.05) is 0 Å². The Balaban J connectivity index is 2.79. The van der Waals surface area contributed by atoms with Crippen molar-refractivity contribution in [3.05, 3.63) is 12.2 Å². The molecule has 1 heterocycles. The Morgan fingerprint density at radius 1 is 0.684 bits per heavy atom. The second kappa shape index (κ2) is 17.3. The van der Waals surface area contributed by atoms with E-state index < -0.39 is 149 Å². The first-order chi connectivity index (χ1) is 26.1. The van der Waals surface area contributed by atoms with Gasteiger partial charge in [-0.2, -0.15) is 0 Å². The average Bonchev–Trinajstić information content (AvgIpc) is 3.29. The van der Waals surface area contributed by atoms with Crippen LogP contribution < -0.4 is 0 Å². The van der Waals surface area contributed by atoms with Gasteiger partial charge in [0.2, 0.25) is 0 Å². The maximum Gasteiger partial charge on any atom is 0.309 e. The molecule has 10 atom stereocenters. The minimum absolute atomic E-state index is 0.525. The van der Waals surface area contributed by atoms with Gasteiger partial charge in [0.1, 0.15) is 0 Å². The lowest BCUT2D eigenvalue weighted by molar-refractivity contribution is -0.274. The molecule has 57 heavy (non-hydrogen) atoms. The third kappa shape index (κ3) is 9.83. The maximum atomic E-state index is 15.2. The molecule has 2 aliphatic carbocycles. The SMILES string of the molecule is CC(=O)O[C@H]1[C@@H](OC(C)=O)C(C)(C)/C=C/[C@H](C)C(=O)[C@@]2(OC(C)=O)C[C@@](C)(OC(C)=O)[C@H](OC(C)=O)[C@@H]2[C@H]2OC(=O)CC[C@@]2(OC(=O)C(C)C)[C@@H]1OC(=O)C(C)C. The molecule has 17 nitrogen and oxygen atoms in total.